The van der Waals surface area contributed by atoms with Crippen LogP contribution in [-0.4, -0.2) is 19.2 Å². The summed E-state index contributed by atoms with van der Waals surface area (Å²) < 4.78 is 6.41. The van der Waals surface area contributed by atoms with Gasteiger partial charge in [0.05, 0.1) is 0 Å². The Balaban J connectivity index is 1.79. The van der Waals surface area contributed by atoms with Gasteiger partial charge in [-0.2, -0.15) is 0 Å². The van der Waals surface area contributed by atoms with Gasteiger partial charge in [0.15, 0.2) is 0 Å². The number of benzene rings is 1. The van der Waals surface area contributed by atoms with Gasteiger partial charge >= 0.3 is 0 Å². The van der Waals surface area contributed by atoms with Crippen molar-refractivity contribution < 1.29 is 4.74 Å². The van der Waals surface area contributed by atoms with E-state index in [1.54, 1.807) is 0 Å². The Morgan fingerprint density at radius 2 is 2.16 bits per heavy atom. The Labute approximate surface area is 115 Å². The highest BCUT2D eigenvalue weighted by molar-refractivity contribution is 5.55. The second-order valence-electron chi connectivity index (χ2n) is 5.85. The van der Waals surface area contributed by atoms with Gasteiger partial charge in [0.2, 0.25) is 0 Å². The molecule has 2 atom stereocenters. The third-order valence-corrected chi connectivity index (χ3v) is 4.46. The number of ether oxygens (including phenoxy) is 1. The summed E-state index contributed by atoms with van der Waals surface area (Å²) in [4.78, 5) is 0. The van der Waals surface area contributed by atoms with E-state index in [0.717, 1.165) is 24.8 Å². The van der Waals surface area contributed by atoms with Crippen LogP contribution >= 0.6 is 0 Å². The molecule has 2 fully saturated rings. The number of nitrogens with one attached hydrogen (secondary N) is 1. The van der Waals surface area contributed by atoms with Gasteiger partial charge in [-0.25, -0.2) is 0 Å². The quantitative estimate of drug-likeness (QED) is 0.873. The molecule has 1 unspecified atom stereocenters. The van der Waals surface area contributed by atoms with E-state index in [1.165, 1.54) is 30.4 Å². The van der Waals surface area contributed by atoms with Crippen LogP contribution in [0.5, 0.6) is 5.75 Å². The van der Waals surface area contributed by atoms with Crippen LogP contribution in [0, 0.1) is 18.8 Å². The zero-order valence-corrected chi connectivity index (χ0v) is 11.7. The van der Waals surface area contributed by atoms with Gasteiger partial charge in [-0.05, 0) is 55.8 Å². The van der Waals surface area contributed by atoms with Gasteiger partial charge < -0.3 is 10.1 Å². The standard InChI is InChI=1S/C17H23NO/c1-3-13-5-4-6-16(12(13)2)19-17(14-7-8-14)15-9-10-18-11-15/h3-6,14-15,17-18H,1,7-11H2,2H3/t15?,17-/m1/s1. The average molecular weight is 257 g/mol. The molecule has 2 heteroatoms. The van der Waals surface area contributed by atoms with Crippen molar-refractivity contribution in [2.45, 2.75) is 32.3 Å². The van der Waals surface area contributed by atoms with Gasteiger partial charge in [-0.3, -0.25) is 0 Å². The monoisotopic (exact) mass is 257 g/mol. The Bertz CT molecular complexity index is 458. The van der Waals surface area contributed by atoms with Crippen LogP contribution in [0.3, 0.4) is 0 Å². The molecule has 1 N–H and O–H groups in total. The Morgan fingerprint density at radius 1 is 1.32 bits per heavy atom. The molecule has 1 heterocycles. The third-order valence-electron chi connectivity index (χ3n) is 4.46. The normalized spacial score (nSPS) is 24.2. The highest BCUT2D eigenvalue weighted by atomic mass is 16.5. The van der Waals surface area contributed by atoms with Gasteiger partial charge in [0.1, 0.15) is 11.9 Å². The van der Waals surface area contributed by atoms with E-state index in [9.17, 15) is 0 Å². The fourth-order valence-corrected chi connectivity index (χ4v) is 3.09. The minimum Gasteiger partial charge on any atom is -0.490 e. The second-order valence-corrected chi connectivity index (χ2v) is 5.85. The van der Waals surface area contributed by atoms with Crippen LogP contribution in [0.4, 0.5) is 0 Å². The molecule has 1 saturated carbocycles. The first-order valence-corrected chi connectivity index (χ1v) is 7.39. The molecule has 0 aromatic heterocycles. The molecule has 3 rings (SSSR count). The van der Waals surface area contributed by atoms with E-state index in [2.05, 4.69) is 37.0 Å². The molecule has 1 aromatic carbocycles. The zero-order chi connectivity index (χ0) is 13.2. The van der Waals surface area contributed by atoms with E-state index in [1.807, 2.05) is 6.08 Å². The summed E-state index contributed by atoms with van der Waals surface area (Å²) in [5, 5.41) is 3.46. The SMILES string of the molecule is C=Cc1cccc(O[C@H](C2CC2)C2CCNC2)c1C. The molecule has 1 aliphatic carbocycles. The predicted molar refractivity (Wildman–Crippen MR) is 79.4 cm³/mol. The Morgan fingerprint density at radius 3 is 2.79 bits per heavy atom. The molecule has 19 heavy (non-hydrogen) atoms. The van der Waals surface area contributed by atoms with Crippen molar-refractivity contribution in [3.8, 4) is 5.75 Å². The lowest BCUT2D eigenvalue weighted by Crippen LogP contribution is -2.31. The molecule has 0 spiro atoms. The second kappa shape index (κ2) is 5.38. The average Bonchev–Trinajstić information content (AvgIpc) is 3.12. The molecule has 0 radical (unpaired) electrons. The summed E-state index contributed by atoms with van der Waals surface area (Å²) in [6.07, 6.45) is 6.23. The molecule has 1 aliphatic heterocycles. The summed E-state index contributed by atoms with van der Waals surface area (Å²) in [5.41, 5.74) is 2.39. The van der Waals surface area contributed by atoms with Crippen LogP contribution in [0.25, 0.3) is 6.08 Å². The van der Waals surface area contributed by atoms with Crippen LogP contribution in [0.2, 0.25) is 0 Å². The van der Waals surface area contributed by atoms with Crippen molar-refractivity contribution in [3.63, 3.8) is 0 Å². The number of rotatable bonds is 5. The highest BCUT2D eigenvalue weighted by Crippen LogP contribution is 2.40. The molecule has 1 aromatic rings. The van der Waals surface area contributed by atoms with E-state index in [0.29, 0.717) is 12.0 Å². The highest BCUT2D eigenvalue weighted by Gasteiger charge is 2.39. The lowest BCUT2D eigenvalue weighted by atomic mass is 9.97. The smallest absolute Gasteiger partial charge is 0.123 e. The first-order valence-electron chi connectivity index (χ1n) is 7.39. The minimum absolute atomic E-state index is 0.397. The van der Waals surface area contributed by atoms with Crippen molar-refractivity contribution >= 4 is 6.08 Å². The van der Waals surface area contributed by atoms with Crippen LogP contribution < -0.4 is 10.1 Å². The first-order chi connectivity index (χ1) is 9.29. The molecule has 0 bridgehead atoms. The van der Waals surface area contributed by atoms with Crippen molar-refractivity contribution in [1.29, 1.82) is 0 Å². The molecule has 1 saturated heterocycles. The van der Waals surface area contributed by atoms with Crippen LogP contribution in [0.15, 0.2) is 24.8 Å². The lowest BCUT2D eigenvalue weighted by Gasteiger charge is -2.25. The van der Waals surface area contributed by atoms with Crippen molar-refractivity contribution in [1.82, 2.24) is 5.32 Å². The van der Waals surface area contributed by atoms with Crippen molar-refractivity contribution in [3.05, 3.63) is 35.9 Å². The predicted octanol–water partition coefficient (Wildman–Crippen LogP) is 3.40. The third kappa shape index (κ3) is 2.69. The fraction of sp³-hybridized carbons (Fsp3) is 0.529. The topological polar surface area (TPSA) is 21.3 Å². The van der Waals surface area contributed by atoms with Gasteiger partial charge in [-0.15, -0.1) is 0 Å². The Kier molecular flexibility index (Phi) is 3.61. The molecular weight excluding hydrogens is 234 g/mol. The van der Waals surface area contributed by atoms with Crippen LogP contribution in [0.1, 0.15) is 30.4 Å². The zero-order valence-electron chi connectivity index (χ0n) is 11.7. The van der Waals surface area contributed by atoms with Gasteiger partial charge in [-0.1, -0.05) is 24.8 Å². The molecule has 2 aliphatic rings. The van der Waals surface area contributed by atoms with Crippen molar-refractivity contribution in [2.75, 3.05) is 13.1 Å². The molecule has 2 nitrogen and oxygen atoms in total. The van der Waals surface area contributed by atoms with E-state index in [4.69, 9.17) is 4.74 Å². The number of hydrogen-bond acceptors (Lipinski definition) is 2. The van der Waals surface area contributed by atoms with E-state index < -0.39 is 0 Å². The summed E-state index contributed by atoms with van der Waals surface area (Å²) in [6, 6.07) is 6.26. The minimum atomic E-state index is 0.397. The van der Waals surface area contributed by atoms with Gasteiger partial charge in [0, 0.05) is 12.5 Å². The van der Waals surface area contributed by atoms with E-state index in [-0.39, 0.29) is 0 Å². The number of hydrogen-bond donors (Lipinski definition) is 1. The van der Waals surface area contributed by atoms with Gasteiger partial charge in [0.25, 0.3) is 0 Å². The fourth-order valence-electron chi connectivity index (χ4n) is 3.09. The summed E-state index contributed by atoms with van der Waals surface area (Å²) in [7, 11) is 0. The maximum Gasteiger partial charge on any atom is 0.123 e. The Hall–Kier alpha value is -1.28. The molecule has 102 valence electrons. The van der Waals surface area contributed by atoms with E-state index >= 15 is 0 Å². The summed E-state index contributed by atoms with van der Waals surface area (Å²) >= 11 is 0. The maximum absolute atomic E-state index is 6.41. The molecule has 0 amide bonds. The van der Waals surface area contributed by atoms with Crippen molar-refractivity contribution in [2.24, 2.45) is 11.8 Å². The first kappa shape index (κ1) is 12.7. The summed E-state index contributed by atoms with van der Waals surface area (Å²) in [6.45, 7) is 8.25. The summed E-state index contributed by atoms with van der Waals surface area (Å²) in [5.74, 6) is 2.50. The maximum atomic E-state index is 6.41. The molecular formula is C17H23NO. The van der Waals surface area contributed by atoms with Crippen LogP contribution in [-0.2, 0) is 0 Å². The lowest BCUT2D eigenvalue weighted by molar-refractivity contribution is 0.120. The largest absolute Gasteiger partial charge is 0.490 e.